The molecule has 5 aromatic rings. The van der Waals surface area contributed by atoms with Gasteiger partial charge in [-0.15, -0.1) is 0 Å². The second-order valence-corrected chi connectivity index (χ2v) is 9.99. The Kier molecular flexibility index (Phi) is 8.68. The van der Waals surface area contributed by atoms with Crippen molar-refractivity contribution in [1.82, 2.24) is 4.72 Å². The van der Waals surface area contributed by atoms with Gasteiger partial charge >= 0.3 is 0 Å². The number of benzene rings is 4. The van der Waals surface area contributed by atoms with Crippen LogP contribution in [0.1, 0.15) is 32.0 Å². The summed E-state index contributed by atoms with van der Waals surface area (Å²) in [7, 11) is 0. The van der Waals surface area contributed by atoms with Gasteiger partial charge in [0.1, 0.15) is 17.1 Å². The number of para-hydroxylation sites is 1. The number of ether oxygens (including phenoxy) is 1. The molecular weight excluding hydrogens is 524 g/mol. The molecule has 1 heterocycles. The van der Waals surface area contributed by atoms with Crippen LogP contribution in [0.25, 0.3) is 11.0 Å². The summed E-state index contributed by atoms with van der Waals surface area (Å²) in [4.78, 5) is 25.9. The predicted molar refractivity (Wildman–Crippen MR) is 158 cm³/mol. The van der Waals surface area contributed by atoms with E-state index >= 15 is 0 Å². The van der Waals surface area contributed by atoms with Crippen molar-refractivity contribution in [3.63, 3.8) is 0 Å². The van der Waals surface area contributed by atoms with Crippen molar-refractivity contribution in [3.8, 4) is 11.5 Å². The van der Waals surface area contributed by atoms with Crippen molar-refractivity contribution in [2.75, 3.05) is 17.7 Å². The van der Waals surface area contributed by atoms with E-state index in [4.69, 9.17) is 9.15 Å². The predicted octanol–water partition coefficient (Wildman–Crippen LogP) is 6.63. The molecule has 0 fully saturated rings. The number of phenolic OH excluding ortho intramolecular Hbond substituents is 1. The van der Waals surface area contributed by atoms with E-state index in [1.807, 2.05) is 48.5 Å². The Morgan fingerprint density at radius 3 is 2.35 bits per heavy atom. The molecule has 0 atom stereocenters. The first-order valence-electron chi connectivity index (χ1n) is 12.9. The molecule has 0 saturated heterocycles. The second kappa shape index (κ2) is 12.9. The minimum atomic E-state index is -0.423. The average molecular weight is 553 g/mol. The number of carbonyl (C=O) groups is 2. The first kappa shape index (κ1) is 26.9. The SMILES string of the molecule is O=C(NSCCc1ccccc1)c1ccc(NC(=O)c2cc3ccccc3o2)c(OCCc2ccc(O)cc2)c1. The smallest absolute Gasteiger partial charge is 0.291 e. The van der Waals surface area contributed by atoms with Gasteiger partial charge in [-0.2, -0.15) is 0 Å². The quantitative estimate of drug-likeness (QED) is 0.126. The van der Waals surface area contributed by atoms with Gasteiger partial charge in [-0.05, 0) is 72.0 Å². The number of furan rings is 1. The topological polar surface area (TPSA) is 101 Å². The molecule has 0 aliphatic heterocycles. The Morgan fingerprint density at radius 1 is 0.800 bits per heavy atom. The average Bonchev–Trinajstić information content (AvgIpc) is 3.42. The molecule has 0 aliphatic rings. The van der Waals surface area contributed by atoms with Gasteiger partial charge in [0.2, 0.25) is 0 Å². The molecule has 0 bridgehead atoms. The zero-order valence-corrected chi connectivity index (χ0v) is 22.4. The van der Waals surface area contributed by atoms with Crippen molar-refractivity contribution in [2.45, 2.75) is 12.8 Å². The third-order valence-corrected chi connectivity index (χ3v) is 6.96. The zero-order valence-electron chi connectivity index (χ0n) is 21.6. The first-order chi connectivity index (χ1) is 19.5. The van der Waals surface area contributed by atoms with Gasteiger partial charge in [0.25, 0.3) is 11.8 Å². The fraction of sp³-hybridized carbons (Fsp3) is 0.125. The number of carbonyl (C=O) groups excluding carboxylic acids is 2. The van der Waals surface area contributed by atoms with E-state index in [1.165, 1.54) is 17.5 Å². The lowest BCUT2D eigenvalue weighted by Gasteiger charge is -2.14. The third kappa shape index (κ3) is 7.03. The number of aromatic hydroxyl groups is 1. The van der Waals surface area contributed by atoms with Crippen LogP contribution in [0, 0.1) is 0 Å². The highest BCUT2D eigenvalue weighted by Gasteiger charge is 2.17. The number of hydrogen-bond donors (Lipinski definition) is 3. The molecule has 0 aliphatic carbocycles. The van der Waals surface area contributed by atoms with Gasteiger partial charge < -0.3 is 19.6 Å². The van der Waals surface area contributed by atoms with Crippen LogP contribution in [0.5, 0.6) is 11.5 Å². The normalized spacial score (nSPS) is 10.8. The van der Waals surface area contributed by atoms with Crippen LogP contribution in [-0.4, -0.2) is 29.3 Å². The minimum absolute atomic E-state index is 0.174. The minimum Gasteiger partial charge on any atom is -0.508 e. The number of phenols is 1. The number of nitrogens with one attached hydrogen (secondary N) is 2. The molecular formula is C32H28N2O5S. The summed E-state index contributed by atoms with van der Waals surface area (Å²) in [6.45, 7) is 0.301. The molecule has 3 N–H and O–H groups in total. The highest BCUT2D eigenvalue weighted by molar-refractivity contribution is 7.97. The fourth-order valence-corrected chi connectivity index (χ4v) is 4.78. The molecule has 2 amide bonds. The lowest BCUT2D eigenvalue weighted by Crippen LogP contribution is -2.18. The standard InChI is InChI=1S/C32H28N2O5S/c35-26-13-10-23(11-14-26)16-18-38-29-21-25(31(36)34-40-19-17-22-6-2-1-3-7-22)12-15-27(29)33-32(37)30-20-24-8-4-5-9-28(24)39-30/h1-15,20-21,35H,16-19H2,(H,33,37)(H,34,36). The van der Waals surface area contributed by atoms with E-state index < -0.39 is 5.91 Å². The number of hydrogen-bond acceptors (Lipinski definition) is 6. The van der Waals surface area contributed by atoms with Gasteiger partial charge in [0.15, 0.2) is 5.76 Å². The van der Waals surface area contributed by atoms with Crippen molar-refractivity contribution in [1.29, 1.82) is 0 Å². The van der Waals surface area contributed by atoms with E-state index in [9.17, 15) is 14.7 Å². The van der Waals surface area contributed by atoms with E-state index in [0.29, 0.717) is 35.6 Å². The Hall–Kier alpha value is -4.69. The summed E-state index contributed by atoms with van der Waals surface area (Å²) >= 11 is 1.34. The van der Waals surface area contributed by atoms with E-state index in [1.54, 1.807) is 42.5 Å². The Balaban J connectivity index is 1.27. The summed E-state index contributed by atoms with van der Waals surface area (Å²) < 4.78 is 14.6. The number of anilines is 1. The first-order valence-corrected chi connectivity index (χ1v) is 13.8. The Labute approximate surface area is 236 Å². The lowest BCUT2D eigenvalue weighted by molar-refractivity contribution is 0.0981. The zero-order chi connectivity index (χ0) is 27.7. The monoisotopic (exact) mass is 552 g/mol. The molecule has 4 aromatic carbocycles. The van der Waals surface area contributed by atoms with Gasteiger partial charge in [-0.3, -0.25) is 14.3 Å². The molecule has 202 valence electrons. The van der Waals surface area contributed by atoms with Crippen LogP contribution in [0.2, 0.25) is 0 Å². The maximum Gasteiger partial charge on any atom is 0.291 e. The van der Waals surface area contributed by atoms with Gasteiger partial charge in [0.05, 0.1) is 12.3 Å². The highest BCUT2D eigenvalue weighted by Crippen LogP contribution is 2.28. The largest absolute Gasteiger partial charge is 0.508 e. The van der Waals surface area contributed by atoms with Crippen molar-refractivity contribution in [2.24, 2.45) is 0 Å². The van der Waals surface area contributed by atoms with Crippen LogP contribution in [0.4, 0.5) is 5.69 Å². The molecule has 40 heavy (non-hydrogen) atoms. The molecule has 1 aromatic heterocycles. The van der Waals surface area contributed by atoms with Crippen LogP contribution in [-0.2, 0) is 12.8 Å². The van der Waals surface area contributed by atoms with Crippen molar-refractivity contribution < 1.29 is 23.8 Å². The molecule has 0 radical (unpaired) electrons. The number of rotatable bonds is 11. The summed E-state index contributed by atoms with van der Waals surface area (Å²) in [6, 6.07) is 31.0. The number of fused-ring (bicyclic) bond motifs is 1. The second-order valence-electron chi connectivity index (χ2n) is 9.09. The van der Waals surface area contributed by atoms with Crippen molar-refractivity contribution in [3.05, 3.63) is 126 Å². The Morgan fingerprint density at radius 2 is 1.55 bits per heavy atom. The van der Waals surface area contributed by atoms with Gasteiger partial charge in [-0.25, -0.2) is 0 Å². The Bertz CT molecular complexity index is 1570. The molecule has 0 spiro atoms. The van der Waals surface area contributed by atoms with Crippen molar-refractivity contribution >= 4 is 40.4 Å². The number of aryl methyl sites for hydroxylation is 1. The molecule has 0 saturated carbocycles. The van der Waals surface area contributed by atoms with Gasteiger partial charge in [0, 0.05) is 23.1 Å². The van der Waals surface area contributed by atoms with Crippen LogP contribution >= 0.6 is 11.9 Å². The number of amides is 2. The molecule has 8 heteroatoms. The summed E-state index contributed by atoms with van der Waals surface area (Å²) in [5, 5.41) is 13.2. The summed E-state index contributed by atoms with van der Waals surface area (Å²) in [6.07, 6.45) is 1.41. The van der Waals surface area contributed by atoms with E-state index in [0.717, 1.165) is 23.1 Å². The molecule has 5 rings (SSSR count). The van der Waals surface area contributed by atoms with E-state index in [2.05, 4.69) is 22.2 Å². The lowest BCUT2D eigenvalue weighted by atomic mass is 10.1. The van der Waals surface area contributed by atoms with Crippen LogP contribution in [0.15, 0.2) is 108 Å². The van der Waals surface area contributed by atoms with Gasteiger partial charge in [-0.1, -0.05) is 60.7 Å². The molecule has 0 unspecified atom stereocenters. The fourth-order valence-electron chi connectivity index (χ4n) is 4.09. The van der Waals surface area contributed by atoms with Crippen LogP contribution in [0.3, 0.4) is 0 Å². The third-order valence-electron chi connectivity index (χ3n) is 6.23. The highest BCUT2D eigenvalue weighted by atomic mass is 32.2. The maximum absolute atomic E-state index is 13.0. The summed E-state index contributed by atoms with van der Waals surface area (Å²) in [5.74, 6) is 0.792. The summed E-state index contributed by atoms with van der Waals surface area (Å²) in [5.41, 5.74) is 3.64. The maximum atomic E-state index is 13.0. The van der Waals surface area contributed by atoms with E-state index in [-0.39, 0.29) is 17.4 Å². The molecule has 7 nitrogen and oxygen atoms in total. The van der Waals surface area contributed by atoms with Crippen LogP contribution < -0.4 is 14.8 Å².